The quantitative estimate of drug-likeness (QED) is 0.407. The van der Waals surface area contributed by atoms with Gasteiger partial charge in [0.15, 0.2) is 11.8 Å². The number of aliphatic imine (C=N–C) groups is 1. The first-order chi connectivity index (χ1) is 10.7. The van der Waals surface area contributed by atoms with E-state index in [-0.39, 0.29) is 24.0 Å². The van der Waals surface area contributed by atoms with Crippen LogP contribution in [0.2, 0.25) is 0 Å². The highest BCUT2D eigenvalue weighted by Gasteiger charge is 2.15. The Bertz CT molecular complexity index is 471. The molecule has 1 fully saturated rings. The number of hydrogen-bond acceptors (Lipinski definition) is 4. The van der Waals surface area contributed by atoms with Crippen molar-refractivity contribution in [2.75, 3.05) is 7.05 Å². The predicted octanol–water partition coefficient (Wildman–Crippen LogP) is 3.41. The highest BCUT2D eigenvalue weighted by atomic mass is 127. The first-order valence-electron chi connectivity index (χ1n) is 8.43. The van der Waals surface area contributed by atoms with E-state index in [9.17, 15) is 0 Å². The molecule has 1 aliphatic carbocycles. The van der Waals surface area contributed by atoms with Crippen LogP contribution in [-0.4, -0.2) is 29.2 Å². The maximum atomic E-state index is 4.96. The molecule has 0 bridgehead atoms. The molecule has 1 aliphatic rings. The van der Waals surface area contributed by atoms with Gasteiger partial charge in [-0.05, 0) is 25.7 Å². The zero-order chi connectivity index (χ0) is 15.8. The molecule has 0 saturated heterocycles. The van der Waals surface area contributed by atoms with Gasteiger partial charge in [-0.15, -0.1) is 24.0 Å². The summed E-state index contributed by atoms with van der Waals surface area (Å²) in [6, 6.07) is 0.417. The molecular weight excluding hydrogens is 405 g/mol. The third-order valence-electron chi connectivity index (χ3n) is 4.32. The van der Waals surface area contributed by atoms with Gasteiger partial charge in [0.2, 0.25) is 5.89 Å². The van der Waals surface area contributed by atoms with Crippen LogP contribution in [-0.2, 0) is 6.54 Å². The van der Waals surface area contributed by atoms with Crippen LogP contribution in [0.1, 0.15) is 63.6 Å². The lowest BCUT2D eigenvalue weighted by atomic mass is 9.85. The van der Waals surface area contributed by atoms with Crippen LogP contribution < -0.4 is 10.6 Å². The number of rotatable bonds is 6. The van der Waals surface area contributed by atoms with E-state index < -0.39 is 0 Å². The van der Waals surface area contributed by atoms with E-state index in [1.807, 2.05) is 0 Å². The minimum Gasteiger partial charge on any atom is -0.354 e. The third-order valence-corrected chi connectivity index (χ3v) is 4.32. The molecule has 1 saturated carbocycles. The molecular formula is C16H30IN5O. The molecule has 23 heavy (non-hydrogen) atoms. The minimum absolute atomic E-state index is 0. The van der Waals surface area contributed by atoms with E-state index in [0.29, 0.717) is 24.3 Å². The molecule has 1 heterocycles. The van der Waals surface area contributed by atoms with E-state index in [4.69, 9.17) is 4.52 Å². The average molecular weight is 435 g/mol. The van der Waals surface area contributed by atoms with Gasteiger partial charge in [-0.25, -0.2) is 0 Å². The lowest BCUT2D eigenvalue weighted by molar-refractivity contribution is 0.322. The molecule has 7 heteroatoms. The van der Waals surface area contributed by atoms with E-state index >= 15 is 0 Å². The summed E-state index contributed by atoms with van der Waals surface area (Å²) in [7, 11) is 1.78. The van der Waals surface area contributed by atoms with Crippen molar-refractivity contribution in [3.63, 3.8) is 0 Å². The molecule has 1 aromatic heterocycles. The second-order valence-corrected chi connectivity index (χ2v) is 6.28. The van der Waals surface area contributed by atoms with E-state index in [0.717, 1.165) is 11.9 Å². The summed E-state index contributed by atoms with van der Waals surface area (Å²) in [6.07, 6.45) is 9.59. The Morgan fingerprint density at radius 2 is 2.09 bits per heavy atom. The third kappa shape index (κ3) is 7.50. The van der Waals surface area contributed by atoms with Gasteiger partial charge in [0.1, 0.15) is 0 Å². The second-order valence-electron chi connectivity index (χ2n) is 6.28. The Kier molecular flexibility index (Phi) is 9.50. The molecule has 0 radical (unpaired) electrons. The van der Waals surface area contributed by atoms with E-state index in [1.54, 1.807) is 14.0 Å². The predicted molar refractivity (Wildman–Crippen MR) is 103 cm³/mol. The zero-order valence-electron chi connectivity index (χ0n) is 14.5. The number of nitrogens with zero attached hydrogens (tertiary/aromatic N) is 3. The Morgan fingerprint density at radius 1 is 1.35 bits per heavy atom. The summed E-state index contributed by atoms with van der Waals surface area (Å²) in [5, 5.41) is 10.5. The summed E-state index contributed by atoms with van der Waals surface area (Å²) in [5.41, 5.74) is 0. The summed E-state index contributed by atoms with van der Waals surface area (Å²) < 4.78 is 4.96. The monoisotopic (exact) mass is 435 g/mol. The lowest BCUT2D eigenvalue weighted by Gasteiger charge is -2.24. The highest BCUT2D eigenvalue weighted by molar-refractivity contribution is 14.0. The summed E-state index contributed by atoms with van der Waals surface area (Å²) in [6.45, 7) is 4.53. The Morgan fingerprint density at radius 3 is 2.70 bits per heavy atom. The molecule has 2 N–H and O–H groups in total. The Balaban J connectivity index is 0.00000264. The zero-order valence-corrected chi connectivity index (χ0v) is 16.8. The number of halogens is 1. The van der Waals surface area contributed by atoms with E-state index in [2.05, 4.69) is 32.7 Å². The van der Waals surface area contributed by atoms with Gasteiger partial charge in [0.05, 0.1) is 6.54 Å². The average Bonchev–Trinajstić information content (AvgIpc) is 2.96. The van der Waals surface area contributed by atoms with Gasteiger partial charge in [-0.1, -0.05) is 37.3 Å². The number of aryl methyl sites for hydroxylation is 1. The van der Waals surface area contributed by atoms with Crippen molar-refractivity contribution < 1.29 is 4.52 Å². The number of aromatic nitrogens is 2. The summed E-state index contributed by atoms with van der Waals surface area (Å²) >= 11 is 0. The fraction of sp³-hybridized carbons (Fsp3) is 0.812. The molecule has 0 amide bonds. The van der Waals surface area contributed by atoms with Crippen molar-refractivity contribution in [3.05, 3.63) is 11.7 Å². The van der Waals surface area contributed by atoms with Crippen molar-refractivity contribution in [2.45, 2.75) is 71.4 Å². The van der Waals surface area contributed by atoms with Gasteiger partial charge in [-0.2, -0.15) is 4.98 Å². The normalized spacial score (nSPS) is 17.4. The number of nitrogens with one attached hydrogen (secondary N) is 2. The van der Waals surface area contributed by atoms with Crippen LogP contribution in [0.3, 0.4) is 0 Å². The Labute approximate surface area is 156 Å². The van der Waals surface area contributed by atoms with Crippen LogP contribution in [0.4, 0.5) is 0 Å². The van der Waals surface area contributed by atoms with Crippen LogP contribution in [0.5, 0.6) is 0 Å². The molecule has 1 atom stereocenters. The van der Waals surface area contributed by atoms with Crippen molar-refractivity contribution >= 4 is 29.9 Å². The number of hydrogen-bond donors (Lipinski definition) is 2. The molecule has 0 aromatic carbocycles. The molecule has 6 nitrogen and oxygen atoms in total. The minimum atomic E-state index is 0. The summed E-state index contributed by atoms with van der Waals surface area (Å²) in [5.74, 6) is 2.95. The van der Waals surface area contributed by atoms with Gasteiger partial charge in [-0.3, -0.25) is 4.99 Å². The van der Waals surface area contributed by atoms with E-state index in [1.165, 1.54) is 44.9 Å². The molecule has 2 rings (SSSR count). The first-order valence-corrected chi connectivity index (χ1v) is 8.43. The van der Waals surface area contributed by atoms with Crippen LogP contribution in [0.25, 0.3) is 0 Å². The largest absolute Gasteiger partial charge is 0.354 e. The van der Waals surface area contributed by atoms with Gasteiger partial charge in [0.25, 0.3) is 0 Å². The van der Waals surface area contributed by atoms with Crippen molar-refractivity contribution in [1.29, 1.82) is 0 Å². The maximum absolute atomic E-state index is 4.96. The van der Waals surface area contributed by atoms with Crippen LogP contribution >= 0.6 is 24.0 Å². The smallest absolute Gasteiger partial charge is 0.223 e. The molecule has 132 valence electrons. The Hall–Kier alpha value is -0.860. The molecule has 0 spiro atoms. The van der Waals surface area contributed by atoms with Crippen LogP contribution in [0.15, 0.2) is 9.52 Å². The summed E-state index contributed by atoms with van der Waals surface area (Å²) in [4.78, 5) is 8.42. The molecule has 0 aliphatic heterocycles. The SMILES string of the molecule is CN=C(NCc1noc(C)n1)NC(C)CCC1CCCCC1.I. The first kappa shape index (κ1) is 20.2. The topological polar surface area (TPSA) is 75.3 Å². The highest BCUT2D eigenvalue weighted by Crippen LogP contribution is 2.27. The van der Waals surface area contributed by atoms with Gasteiger partial charge in [0, 0.05) is 20.0 Å². The molecule has 1 aromatic rings. The fourth-order valence-corrected chi connectivity index (χ4v) is 3.04. The maximum Gasteiger partial charge on any atom is 0.223 e. The second kappa shape index (κ2) is 10.8. The molecule has 1 unspecified atom stereocenters. The van der Waals surface area contributed by atoms with Gasteiger partial charge < -0.3 is 15.2 Å². The number of guanidine groups is 1. The van der Waals surface area contributed by atoms with Crippen molar-refractivity contribution in [2.24, 2.45) is 10.9 Å². The lowest BCUT2D eigenvalue weighted by Crippen LogP contribution is -2.42. The standard InChI is InChI=1S/C16H29N5O.HI/c1-12(9-10-14-7-5-4-6-8-14)19-16(17-3)18-11-15-20-13(2)22-21-15;/h12,14H,4-11H2,1-3H3,(H2,17,18,19);1H. The fourth-order valence-electron chi connectivity index (χ4n) is 3.04. The van der Waals surface area contributed by atoms with Gasteiger partial charge >= 0.3 is 0 Å². The van der Waals surface area contributed by atoms with Crippen LogP contribution in [0, 0.1) is 12.8 Å². The van der Waals surface area contributed by atoms with Crippen molar-refractivity contribution in [1.82, 2.24) is 20.8 Å². The van der Waals surface area contributed by atoms with Crippen molar-refractivity contribution in [3.8, 4) is 0 Å².